The minimum Gasteiger partial charge on any atom is -0.493 e. The average molecular weight is 964 g/mol. The van der Waals surface area contributed by atoms with Gasteiger partial charge in [-0.15, -0.1) is 0 Å². The Morgan fingerprint density at radius 2 is 1.47 bits per heavy atom. The van der Waals surface area contributed by atoms with Crippen LogP contribution in [0.25, 0.3) is 0 Å². The number of nitrogens with one attached hydrogen (secondary N) is 2. The topological polar surface area (TPSA) is 224 Å². The summed E-state index contributed by atoms with van der Waals surface area (Å²) < 4.78 is 30.4. The third-order valence-electron chi connectivity index (χ3n) is 12.7. The van der Waals surface area contributed by atoms with Crippen LogP contribution in [0.1, 0.15) is 108 Å². The molecule has 70 heavy (non-hydrogen) atoms. The number of anilines is 2. The number of amides is 5. The van der Waals surface area contributed by atoms with Crippen LogP contribution in [0.5, 0.6) is 23.0 Å². The number of hydrogen-bond donors (Lipinski definition) is 4. The highest BCUT2D eigenvalue weighted by Gasteiger charge is 2.46. The summed E-state index contributed by atoms with van der Waals surface area (Å²) in [5.41, 5.74) is 8.51. The molecule has 0 saturated carbocycles. The molecule has 4 aliphatic rings. The molecule has 5 N–H and O–H groups in total. The fourth-order valence-corrected chi connectivity index (χ4v) is 9.28. The van der Waals surface area contributed by atoms with E-state index < -0.39 is 59.2 Å². The minimum atomic E-state index is -1.51. The van der Waals surface area contributed by atoms with Gasteiger partial charge >= 0.3 is 6.09 Å². The van der Waals surface area contributed by atoms with Crippen molar-refractivity contribution in [3.63, 3.8) is 0 Å². The molecule has 5 unspecified atom stereocenters. The summed E-state index contributed by atoms with van der Waals surface area (Å²) in [6.07, 6.45) is 4.36. The third kappa shape index (κ3) is 10.9. The van der Waals surface area contributed by atoms with Crippen LogP contribution in [0.4, 0.5) is 21.9 Å². The van der Waals surface area contributed by atoms with Gasteiger partial charge < -0.3 is 55.0 Å². The second kappa shape index (κ2) is 20.2. The van der Waals surface area contributed by atoms with Gasteiger partial charge in [0, 0.05) is 41.8 Å². The van der Waals surface area contributed by atoms with Gasteiger partial charge in [0.15, 0.2) is 29.2 Å². The van der Waals surface area contributed by atoms with E-state index >= 15 is 0 Å². The molecule has 4 heterocycles. The molecule has 0 fully saturated rings. The van der Waals surface area contributed by atoms with E-state index in [1.54, 1.807) is 60.6 Å². The van der Waals surface area contributed by atoms with Gasteiger partial charge in [0.1, 0.15) is 18.2 Å². The molecule has 0 saturated heterocycles. The molecule has 18 nitrogen and oxygen atoms in total. The number of aliphatic hydroxyl groups excluding tert-OH is 1. The molecule has 0 spiro atoms. The molecule has 7 rings (SSSR count). The molecule has 0 aliphatic carbocycles. The smallest absolute Gasteiger partial charge is 0.416 e. The van der Waals surface area contributed by atoms with Gasteiger partial charge in [-0.3, -0.25) is 24.2 Å². The van der Waals surface area contributed by atoms with E-state index in [1.807, 2.05) is 61.6 Å². The first-order chi connectivity index (χ1) is 33.0. The van der Waals surface area contributed by atoms with Gasteiger partial charge in [-0.25, -0.2) is 9.69 Å². The number of aliphatic hydroxyl groups is 1. The Bertz CT molecular complexity index is 2640. The quantitative estimate of drug-likeness (QED) is 0.112. The summed E-state index contributed by atoms with van der Waals surface area (Å²) in [6.45, 7) is 16.9. The first kappa shape index (κ1) is 50.9. The van der Waals surface area contributed by atoms with Crippen LogP contribution in [0.3, 0.4) is 0 Å². The van der Waals surface area contributed by atoms with E-state index in [1.165, 1.54) is 31.3 Å². The molecule has 3 aromatic carbocycles. The molecule has 18 heteroatoms. The van der Waals surface area contributed by atoms with Gasteiger partial charge in [0.05, 0.1) is 61.5 Å². The molecule has 3 aromatic rings. The second-order valence-electron chi connectivity index (χ2n) is 20.3. The monoisotopic (exact) mass is 963 g/mol. The average Bonchev–Trinajstić information content (AvgIpc) is 3.84. The SMILES string of the molecule is COc1cc2c(cc1OCC(C)(C)CC(C)(C)Oc1cc3c(cc1OC)C(=O)N1C=C(C)CC1C(O)N3C(=O)OCc1ccc(NC(=O)C(C)NC(=O)C(N)C(C)C)cc1)N=CC1CC(C)=CN1C2=O. The number of ether oxygens (including phenoxy) is 5. The van der Waals surface area contributed by atoms with Crippen molar-refractivity contribution >= 4 is 53.0 Å². The van der Waals surface area contributed by atoms with Crippen LogP contribution in [0, 0.1) is 11.3 Å². The summed E-state index contributed by atoms with van der Waals surface area (Å²) in [7, 11) is 2.98. The Morgan fingerprint density at radius 3 is 2.14 bits per heavy atom. The van der Waals surface area contributed by atoms with Gasteiger partial charge in [0.2, 0.25) is 11.8 Å². The lowest BCUT2D eigenvalue weighted by atomic mass is 9.82. The van der Waals surface area contributed by atoms with Crippen molar-refractivity contribution in [2.24, 2.45) is 22.1 Å². The molecule has 5 amide bonds. The van der Waals surface area contributed by atoms with Crippen molar-refractivity contribution in [1.29, 1.82) is 0 Å². The van der Waals surface area contributed by atoms with Crippen molar-refractivity contribution in [2.45, 2.75) is 124 Å². The Labute approximate surface area is 408 Å². The van der Waals surface area contributed by atoms with Crippen molar-refractivity contribution in [3.8, 4) is 23.0 Å². The predicted molar refractivity (Wildman–Crippen MR) is 264 cm³/mol. The largest absolute Gasteiger partial charge is 0.493 e. The van der Waals surface area contributed by atoms with Gasteiger partial charge in [-0.1, -0.05) is 51.0 Å². The van der Waals surface area contributed by atoms with E-state index in [0.29, 0.717) is 46.8 Å². The zero-order valence-electron chi connectivity index (χ0n) is 41.7. The predicted octanol–water partition coefficient (Wildman–Crippen LogP) is 7.21. The third-order valence-corrected chi connectivity index (χ3v) is 12.7. The number of nitrogens with two attached hydrogens (primary N) is 1. The van der Waals surface area contributed by atoms with Crippen molar-refractivity contribution in [1.82, 2.24) is 15.1 Å². The molecular formula is C52H65N7O11. The number of carbonyl (C=O) groups is 5. The number of methoxy groups -OCH3 is 2. The van der Waals surface area contributed by atoms with Crippen LogP contribution in [0.15, 0.2) is 77.1 Å². The van der Waals surface area contributed by atoms with Crippen molar-refractivity contribution in [3.05, 3.63) is 88.8 Å². The lowest BCUT2D eigenvalue weighted by Crippen LogP contribution is -2.50. The number of aliphatic imine (C=N–C) groups is 1. The van der Waals surface area contributed by atoms with Gasteiger partial charge in [0.25, 0.3) is 11.8 Å². The molecular weight excluding hydrogens is 899 g/mol. The van der Waals surface area contributed by atoms with Crippen LogP contribution in [-0.2, 0) is 20.9 Å². The highest BCUT2D eigenvalue weighted by atomic mass is 16.6. The summed E-state index contributed by atoms with van der Waals surface area (Å²) in [6, 6.07) is 10.4. The lowest BCUT2D eigenvalue weighted by molar-refractivity contribution is -0.127. The first-order valence-corrected chi connectivity index (χ1v) is 23.4. The summed E-state index contributed by atoms with van der Waals surface area (Å²) in [5.74, 6) is -0.304. The summed E-state index contributed by atoms with van der Waals surface area (Å²) in [4.78, 5) is 76.1. The van der Waals surface area contributed by atoms with Crippen LogP contribution in [0.2, 0.25) is 0 Å². The van der Waals surface area contributed by atoms with Crippen molar-refractivity contribution < 1.29 is 52.8 Å². The van der Waals surface area contributed by atoms with E-state index in [4.69, 9.17) is 29.4 Å². The zero-order valence-corrected chi connectivity index (χ0v) is 41.7. The Balaban J connectivity index is 1.07. The number of hydrogen-bond acceptors (Lipinski definition) is 13. The van der Waals surface area contributed by atoms with Crippen LogP contribution < -0.4 is 40.2 Å². The fraction of sp³-hybridized carbons (Fsp3) is 0.462. The molecule has 0 bridgehead atoms. The Kier molecular flexibility index (Phi) is 14.7. The number of nitrogens with zero attached hydrogens (tertiary/aromatic N) is 4. The molecule has 5 atom stereocenters. The van der Waals surface area contributed by atoms with E-state index in [9.17, 15) is 29.1 Å². The number of rotatable bonds is 16. The first-order valence-electron chi connectivity index (χ1n) is 23.4. The minimum absolute atomic E-state index is 0.0637. The Hall–Kier alpha value is -6.92. The van der Waals surface area contributed by atoms with Crippen molar-refractivity contribution in [2.75, 3.05) is 31.0 Å². The molecule has 4 aliphatic heterocycles. The van der Waals surface area contributed by atoms with Crippen LogP contribution >= 0.6 is 0 Å². The molecule has 0 radical (unpaired) electrons. The number of carbonyl (C=O) groups excluding carboxylic acids is 5. The van der Waals surface area contributed by atoms with E-state index in [2.05, 4.69) is 15.6 Å². The van der Waals surface area contributed by atoms with E-state index in [0.717, 1.165) is 22.5 Å². The number of fused-ring (bicyclic) bond motifs is 4. The molecule has 374 valence electrons. The Morgan fingerprint density at radius 1 is 0.843 bits per heavy atom. The second-order valence-corrected chi connectivity index (χ2v) is 20.3. The summed E-state index contributed by atoms with van der Waals surface area (Å²) in [5, 5.41) is 17.4. The maximum atomic E-state index is 14.3. The van der Waals surface area contributed by atoms with E-state index in [-0.39, 0.29) is 53.8 Å². The lowest BCUT2D eigenvalue weighted by Gasteiger charge is -2.36. The maximum Gasteiger partial charge on any atom is 0.416 e. The maximum absolute atomic E-state index is 14.3. The van der Waals surface area contributed by atoms with Crippen LogP contribution in [-0.4, -0.2) is 108 Å². The zero-order chi connectivity index (χ0) is 51.0. The normalized spacial score (nSPS) is 19.4. The van der Waals surface area contributed by atoms with Gasteiger partial charge in [-0.2, -0.15) is 0 Å². The number of benzene rings is 3. The summed E-state index contributed by atoms with van der Waals surface area (Å²) >= 11 is 0. The molecule has 0 aromatic heterocycles. The standard InChI is InChI=1S/C52H65N7O11/c1-28(2)44(53)46(61)55-31(5)45(60)56-33-14-12-32(13-15-33)25-68-50(65)59-38-21-43(41(67-11)19-36(38)48(63)58-24-30(4)17-39(58)49(59)64)70-52(8,9)26-51(6,7)27-69-42-20-37-35(18-40(42)66-10)47(62)57-23-29(3)16-34(57)22-54-37/h12-15,18-24,28,31,34,39,44,49,64H,16-17,25-27,53H2,1-11H3,(H,55,61)(H,56,60). The highest BCUT2D eigenvalue weighted by Crippen LogP contribution is 2.45. The van der Waals surface area contributed by atoms with Gasteiger partial charge in [-0.05, 0) is 89.6 Å². The fourth-order valence-electron chi connectivity index (χ4n) is 9.28. The highest BCUT2D eigenvalue weighted by molar-refractivity contribution is 6.07.